The highest BCUT2D eigenvalue weighted by molar-refractivity contribution is 5.75. The Labute approximate surface area is 85.9 Å². The van der Waals surface area contributed by atoms with Crippen molar-refractivity contribution in [3.63, 3.8) is 0 Å². The molecule has 14 heavy (non-hydrogen) atoms. The highest BCUT2D eigenvalue weighted by atomic mass is 16.3. The molecule has 84 valence electrons. The van der Waals surface area contributed by atoms with Gasteiger partial charge < -0.3 is 16.2 Å². The maximum atomic E-state index is 11.2. The molecule has 2 unspecified atom stereocenters. The molecule has 0 aromatic heterocycles. The summed E-state index contributed by atoms with van der Waals surface area (Å²) in [7, 11) is 0. The zero-order valence-corrected chi connectivity index (χ0v) is 9.12. The van der Waals surface area contributed by atoms with Crippen molar-refractivity contribution < 1.29 is 9.90 Å². The van der Waals surface area contributed by atoms with E-state index in [1.54, 1.807) is 0 Å². The Morgan fingerprint density at radius 3 is 2.64 bits per heavy atom. The van der Waals surface area contributed by atoms with E-state index in [0.717, 1.165) is 12.8 Å². The van der Waals surface area contributed by atoms with E-state index in [9.17, 15) is 9.90 Å². The molecule has 0 radical (unpaired) electrons. The average molecular weight is 202 g/mol. The Balaban J connectivity index is 3.43. The minimum Gasteiger partial charge on any atom is -0.391 e. The van der Waals surface area contributed by atoms with E-state index in [4.69, 9.17) is 5.73 Å². The Morgan fingerprint density at radius 2 is 2.14 bits per heavy atom. The van der Waals surface area contributed by atoms with Crippen molar-refractivity contribution in [1.82, 2.24) is 5.32 Å². The average Bonchev–Trinajstić information content (AvgIpc) is 2.12. The smallest absolute Gasteiger partial charge is 0.220 e. The number of carbonyl (C=O) groups is 1. The number of carbonyl (C=O) groups excluding carboxylic acids is 1. The van der Waals surface area contributed by atoms with Crippen molar-refractivity contribution in [1.29, 1.82) is 0 Å². The van der Waals surface area contributed by atoms with E-state index in [1.165, 1.54) is 0 Å². The number of nitrogens with two attached hydrogens (primary N) is 1. The van der Waals surface area contributed by atoms with Crippen LogP contribution >= 0.6 is 0 Å². The van der Waals surface area contributed by atoms with Gasteiger partial charge in [0, 0.05) is 19.0 Å². The Morgan fingerprint density at radius 1 is 1.50 bits per heavy atom. The molecule has 0 saturated heterocycles. The van der Waals surface area contributed by atoms with Crippen LogP contribution in [-0.4, -0.2) is 29.7 Å². The van der Waals surface area contributed by atoms with Gasteiger partial charge in [0.25, 0.3) is 0 Å². The molecule has 0 bridgehead atoms. The van der Waals surface area contributed by atoms with Crippen molar-refractivity contribution >= 4 is 5.91 Å². The lowest BCUT2D eigenvalue weighted by Crippen LogP contribution is -2.32. The van der Waals surface area contributed by atoms with E-state index < -0.39 is 6.10 Å². The van der Waals surface area contributed by atoms with Crippen LogP contribution in [0.15, 0.2) is 0 Å². The number of rotatable bonds is 7. The molecule has 0 heterocycles. The minimum absolute atomic E-state index is 0.0301. The lowest BCUT2D eigenvalue weighted by molar-refractivity contribution is -0.121. The molecule has 0 fully saturated rings. The molecule has 4 nitrogen and oxygen atoms in total. The van der Waals surface area contributed by atoms with Crippen LogP contribution in [0.3, 0.4) is 0 Å². The summed E-state index contributed by atoms with van der Waals surface area (Å²) in [5, 5.41) is 12.0. The maximum Gasteiger partial charge on any atom is 0.220 e. The van der Waals surface area contributed by atoms with Gasteiger partial charge in [0.1, 0.15) is 0 Å². The van der Waals surface area contributed by atoms with Crippen LogP contribution in [-0.2, 0) is 4.79 Å². The zero-order valence-electron chi connectivity index (χ0n) is 9.12. The third-order valence-electron chi connectivity index (χ3n) is 1.98. The van der Waals surface area contributed by atoms with Crippen LogP contribution in [0.1, 0.15) is 39.5 Å². The fourth-order valence-electron chi connectivity index (χ4n) is 1.11. The maximum absolute atomic E-state index is 11.2. The monoisotopic (exact) mass is 202 g/mol. The van der Waals surface area contributed by atoms with E-state index in [0.29, 0.717) is 19.4 Å². The molecule has 0 aliphatic rings. The summed E-state index contributed by atoms with van der Waals surface area (Å²) in [5.41, 5.74) is 5.51. The number of hydrogen-bond acceptors (Lipinski definition) is 3. The van der Waals surface area contributed by atoms with Crippen LogP contribution in [0.4, 0.5) is 0 Å². The zero-order chi connectivity index (χ0) is 11.0. The third-order valence-corrected chi connectivity index (χ3v) is 1.98. The van der Waals surface area contributed by atoms with Gasteiger partial charge in [-0.2, -0.15) is 0 Å². The largest absolute Gasteiger partial charge is 0.391 e. The summed E-state index contributed by atoms with van der Waals surface area (Å²) < 4.78 is 0. The first kappa shape index (κ1) is 13.4. The van der Waals surface area contributed by atoms with Gasteiger partial charge in [0.2, 0.25) is 5.91 Å². The van der Waals surface area contributed by atoms with Gasteiger partial charge in [0.05, 0.1) is 6.10 Å². The summed E-state index contributed by atoms with van der Waals surface area (Å²) in [5.74, 6) is -0.0301. The van der Waals surface area contributed by atoms with Crippen LogP contribution in [0.5, 0.6) is 0 Å². The summed E-state index contributed by atoms with van der Waals surface area (Å²) in [4.78, 5) is 11.2. The van der Waals surface area contributed by atoms with Crippen LogP contribution < -0.4 is 11.1 Å². The fraction of sp³-hybridized carbons (Fsp3) is 0.900. The number of hydrogen-bond donors (Lipinski definition) is 3. The van der Waals surface area contributed by atoms with Crippen molar-refractivity contribution in [2.24, 2.45) is 5.73 Å². The second-order valence-electron chi connectivity index (χ2n) is 3.76. The first-order chi connectivity index (χ1) is 6.56. The molecule has 0 spiro atoms. The summed E-state index contributed by atoms with van der Waals surface area (Å²) >= 11 is 0. The number of amides is 1. The van der Waals surface area contributed by atoms with E-state index >= 15 is 0 Å². The van der Waals surface area contributed by atoms with Gasteiger partial charge in [-0.15, -0.1) is 0 Å². The minimum atomic E-state index is -0.417. The van der Waals surface area contributed by atoms with Crippen LogP contribution in [0.2, 0.25) is 0 Å². The van der Waals surface area contributed by atoms with Gasteiger partial charge >= 0.3 is 0 Å². The molecule has 4 heteroatoms. The second kappa shape index (κ2) is 7.76. The first-order valence-corrected chi connectivity index (χ1v) is 5.26. The molecule has 0 aromatic rings. The van der Waals surface area contributed by atoms with Gasteiger partial charge in [0.15, 0.2) is 0 Å². The molecule has 0 rings (SSSR count). The molecular weight excluding hydrogens is 180 g/mol. The SMILES string of the molecule is CCCC(O)CNC(=O)CCC(C)N. The molecule has 0 saturated carbocycles. The van der Waals surface area contributed by atoms with E-state index in [1.807, 2.05) is 13.8 Å². The van der Waals surface area contributed by atoms with Gasteiger partial charge in [-0.3, -0.25) is 4.79 Å². The molecule has 4 N–H and O–H groups in total. The van der Waals surface area contributed by atoms with Crippen LogP contribution in [0, 0.1) is 0 Å². The Bertz CT molecular complexity index is 160. The van der Waals surface area contributed by atoms with Crippen molar-refractivity contribution in [3.05, 3.63) is 0 Å². The molecule has 2 atom stereocenters. The Hall–Kier alpha value is -0.610. The number of aliphatic hydroxyl groups is 1. The van der Waals surface area contributed by atoms with E-state index in [-0.39, 0.29) is 11.9 Å². The number of nitrogens with one attached hydrogen (secondary N) is 1. The van der Waals surface area contributed by atoms with Crippen molar-refractivity contribution in [3.8, 4) is 0 Å². The van der Waals surface area contributed by atoms with E-state index in [2.05, 4.69) is 5.32 Å². The Kier molecular flexibility index (Phi) is 7.42. The highest BCUT2D eigenvalue weighted by Crippen LogP contribution is 1.96. The molecule has 1 amide bonds. The summed E-state index contributed by atoms with van der Waals surface area (Å²) in [6, 6.07) is 0.0568. The lowest BCUT2D eigenvalue weighted by Gasteiger charge is -2.11. The summed E-state index contributed by atoms with van der Waals surface area (Å²) in [6.45, 7) is 4.23. The van der Waals surface area contributed by atoms with Crippen LogP contribution in [0.25, 0.3) is 0 Å². The lowest BCUT2D eigenvalue weighted by atomic mass is 10.2. The first-order valence-electron chi connectivity index (χ1n) is 5.26. The van der Waals surface area contributed by atoms with Gasteiger partial charge in [-0.05, 0) is 19.8 Å². The fourth-order valence-corrected chi connectivity index (χ4v) is 1.11. The normalized spacial score (nSPS) is 14.9. The van der Waals surface area contributed by atoms with Gasteiger partial charge in [-0.25, -0.2) is 0 Å². The highest BCUT2D eigenvalue weighted by Gasteiger charge is 2.06. The summed E-state index contributed by atoms with van der Waals surface area (Å²) in [6.07, 6.45) is 2.37. The van der Waals surface area contributed by atoms with Gasteiger partial charge in [-0.1, -0.05) is 13.3 Å². The third kappa shape index (κ3) is 8.01. The number of aliphatic hydroxyl groups excluding tert-OH is 1. The molecule has 0 aromatic carbocycles. The van der Waals surface area contributed by atoms with Crippen molar-refractivity contribution in [2.45, 2.75) is 51.7 Å². The predicted molar refractivity (Wildman–Crippen MR) is 56.8 cm³/mol. The molecule has 0 aliphatic carbocycles. The second-order valence-corrected chi connectivity index (χ2v) is 3.76. The topological polar surface area (TPSA) is 75.3 Å². The molecule has 0 aliphatic heterocycles. The molecular formula is C10H22N2O2. The van der Waals surface area contributed by atoms with Crippen molar-refractivity contribution in [2.75, 3.05) is 6.54 Å². The standard InChI is InChI=1S/C10H22N2O2/c1-3-4-9(13)7-12-10(14)6-5-8(2)11/h8-9,13H,3-7,11H2,1-2H3,(H,12,14). The predicted octanol–water partition coefficient (Wildman–Crippen LogP) is 0.391. The quantitative estimate of drug-likeness (QED) is 0.559.